The minimum absolute atomic E-state index is 0. The van der Waals surface area contributed by atoms with E-state index in [4.69, 9.17) is 10.5 Å². The summed E-state index contributed by atoms with van der Waals surface area (Å²) < 4.78 is 5.33. The molecule has 96 valence electrons. The number of carbonyl (C=O) groups excluding carboxylic acids is 1. The zero-order valence-corrected chi connectivity index (χ0v) is 11.0. The summed E-state index contributed by atoms with van der Waals surface area (Å²) in [6.45, 7) is 3.22. The second-order valence-electron chi connectivity index (χ2n) is 3.53. The average Bonchev–Trinajstić information content (AvgIpc) is 2.31. The quantitative estimate of drug-likeness (QED) is 0.869. The number of benzene rings is 1. The summed E-state index contributed by atoms with van der Waals surface area (Å²) in [6, 6.07) is 7.70. The lowest BCUT2D eigenvalue weighted by atomic mass is 10.2. The number of rotatable bonds is 5. The summed E-state index contributed by atoms with van der Waals surface area (Å²) >= 11 is 0. The highest BCUT2D eigenvalue weighted by molar-refractivity contribution is 5.85. The van der Waals surface area contributed by atoms with Crippen LogP contribution in [-0.4, -0.2) is 31.0 Å². The van der Waals surface area contributed by atoms with Gasteiger partial charge in [-0.25, -0.2) is 0 Å². The van der Waals surface area contributed by atoms with Crippen LogP contribution >= 0.6 is 12.4 Å². The molecule has 0 fully saturated rings. The van der Waals surface area contributed by atoms with E-state index in [2.05, 4.69) is 0 Å². The maximum absolute atomic E-state index is 11.3. The molecule has 17 heavy (non-hydrogen) atoms. The Kier molecular flexibility index (Phi) is 7.34. The van der Waals surface area contributed by atoms with Crippen molar-refractivity contribution in [3.63, 3.8) is 0 Å². The van der Waals surface area contributed by atoms with E-state index in [1.165, 1.54) is 0 Å². The van der Waals surface area contributed by atoms with Crippen LogP contribution in [0.2, 0.25) is 0 Å². The van der Waals surface area contributed by atoms with Crippen LogP contribution in [0, 0.1) is 0 Å². The fourth-order valence-corrected chi connectivity index (χ4v) is 1.38. The molecule has 0 heterocycles. The van der Waals surface area contributed by atoms with Crippen LogP contribution in [0.15, 0.2) is 24.3 Å². The molecule has 4 nitrogen and oxygen atoms in total. The highest BCUT2D eigenvalue weighted by Gasteiger charge is 2.06. The summed E-state index contributed by atoms with van der Waals surface area (Å²) in [7, 11) is 1.74. The van der Waals surface area contributed by atoms with Crippen molar-refractivity contribution in [2.45, 2.75) is 13.5 Å². The molecule has 0 aliphatic heterocycles. The molecule has 5 heteroatoms. The van der Waals surface area contributed by atoms with Crippen molar-refractivity contribution in [2.75, 3.05) is 20.2 Å². The molecule has 2 N–H and O–H groups in total. The second-order valence-corrected chi connectivity index (χ2v) is 3.53. The normalized spacial score (nSPS) is 9.35. The van der Waals surface area contributed by atoms with Gasteiger partial charge in [-0.3, -0.25) is 4.79 Å². The van der Waals surface area contributed by atoms with Crippen LogP contribution < -0.4 is 10.5 Å². The van der Waals surface area contributed by atoms with E-state index in [9.17, 15) is 4.79 Å². The smallest absolute Gasteiger partial charge is 0.236 e. The van der Waals surface area contributed by atoms with Gasteiger partial charge in [0.2, 0.25) is 5.91 Å². The standard InChI is InChI=1S/C12H18N2O2.ClH/c1-3-16-11-6-4-10(5-7-11)9-14(2)12(15)8-13;/h4-7H,3,8-9,13H2,1-2H3;1H. The Morgan fingerprint density at radius 1 is 1.35 bits per heavy atom. The first-order valence-corrected chi connectivity index (χ1v) is 5.33. The number of hydrogen-bond donors (Lipinski definition) is 1. The van der Waals surface area contributed by atoms with Gasteiger partial charge in [0.1, 0.15) is 5.75 Å². The summed E-state index contributed by atoms with van der Waals surface area (Å²) in [4.78, 5) is 12.9. The lowest BCUT2D eigenvalue weighted by molar-refractivity contribution is -0.128. The number of nitrogens with two attached hydrogens (primary N) is 1. The molecule has 0 unspecified atom stereocenters. The van der Waals surface area contributed by atoms with Crippen molar-refractivity contribution >= 4 is 18.3 Å². The molecule has 0 saturated carbocycles. The van der Waals surface area contributed by atoms with Crippen LogP contribution in [0.5, 0.6) is 5.75 Å². The minimum Gasteiger partial charge on any atom is -0.494 e. The van der Waals surface area contributed by atoms with Crippen molar-refractivity contribution < 1.29 is 9.53 Å². The zero-order chi connectivity index (χ0) is 12.0. The van der Waals surface area contributed by atoms with Gasteiger partial charge in [0.15, 0.2) is 0 Å². The van der Waals surface area contributed by atoms with E-state index in [1.54, 1.807) is 11.9 Å². The van der Waals surface area contributed by atoms with E-state index >= 15 is 0 Å². The van der Waals surface area contributed by atoms with Crippen LogP contribution in [0.4, 0.5) is 0 Å². The first kappa shape index (κ1) is 15.7. The Hall–Kier alpha value is -1.26. The Balaban J connectivity index is 0.00000256. The third kappa shape index (κ3) is 5.06. The zero-order valence-electron chi connectivity index (χ0n) is 10.2. The number of hydrogen-bond acceptors (Lipinski definition) is 3. The van der Waals surface area contributed by atoms with Gasteiger partial charge in [-0.2, -0.15) is 0 Å². The first-order chi connectivity index (χ1) is 7.67. The largest absolute Gasteiger partial charge is 0.494 e. The number of nitrogens with zero attached hydrogens (tertiary/aromatic N) is 1. The van der Waals surface area contributed by atoms with Crippen molar-refractivity contribution in [1.82, 2.24) is 4.90 Å². The molecule has 0 aliphatic carbocycles. The summed E-state index contributed by atoms with van der Waals surface area (Å²) in [5.74, 6) is 0.785. The number of carbonyl (C=O) groups is 1. The van der Waals surface area contributed by atoms with Gasteiger partial charge in [0, 0.05) is 13.6 Å². The van der Waals surface area contributed by atoms with Gasteiger partial charge < -0.3 is 15.4 Å². The Labute approximate surface area is 108 Å². The third-order valence-electron chi connectivity index (χ3n) is 2.25. The number of amides is 1. The molecule has 0 radical (unpaired) electrons. The first-order valence-electron chi connectivity index (χ1n) is 5.33. The molecule has 1 aromatic carbocycles. The Morgan fingerprint density at radius 2 is 1.94 bits per heavy atom. The molecule has 0 aromatic heterocycles. The molecule has 0 atom stereocenters. The predicted molar refractivity (Wildman–Crippen MR) is 70.4 cm³/mol. The topological polar surface area (TPSA) is 55.6 Å². The molecule has 0 spiro atoms. The SMILES string of the molecule is CCOc1ccc(CN(C)C(=O)CN)cc1.Cl. The van der Waals surface area contributed by atoms with Gasteiger partial charge in [-0.1, -0.05) is 12.1 Å². The van der Waals surface area contributed by atoms with Gasteiger partial charge in [0.25, 0.3) is 0 Å². The predicted octanol–water partition coefficient (Wildman–Crippen LogP) is 1.42. The van der Waals surface area contributed by atoms with Gasteiger partial charge >= 0.3 is 0 Å². The highest BCUT2D eigenvalue weighted by atomic mass is 35.5. The van der Waals surface area contributed by atoms with E-state index in [0.29, 0.717) is 13.2 Å². The molecule has 0 saturated heterocycles. The van der Waals surface area contributed by atoms with E-state index in [-0.39, 0.29) is 24.9 Å². The van der Waals surface area contributed by atoms with Crippen molar-refractivity contribution in [2.24, 2.45) is 5.73 Å². The Bertz CT molecular complexity index is 341. The number of halogens is 1. The molecule has 1 aromatic rings. The van der Waals surface area contributed by atoms with Gasteiger partial charge in [0.05, 0.1) is 13.2 Å². The molecular formula is C12H19ClN2O2. The number of ether oxygens (including phenoxy) is 1. The van der Waals surface area contributed by atoms with Crippen molar-refractivity contribution in [3.8, 4) is 5.75 Å². The van der Waals surface area contributed by atoms with E-state index in [1.807, 2.05) is 31.2 Å². The molecular weight excluding hydrogens is 240 g/mol. The number of likely N-dealkylation sites (N-methyl/N-ethyl adjacent to an activating group) is 1. The monoisotopic (exact) mass is 258 g/mol. The van der Waals surface area contributed by atoms with Crippen LogP contribution in [0.1, 0.15) is 12.5 Å². The minimum atomic E-state index is -0.0612. The summed E-state index contributed by atoms with van der Waals surface area (Å²) in [6.07, 6.45) is 0. The maximum atomic E-state index is 11.3. The van der Waals surface area contributed by atoms with Gasteiger partial charge in [-0.05, 0) is 24.6 Å². The lowest BCUT2D eigenvalue weighted by Crippen LogP contribution is -2.32. The molecule has 0 bridgehead atoms. The summed E-state index contributed by atoms with van der Waals surface area (Å²) in [5, 5.41) is 0. The fraction of sp³-hybridized carbons (Fsp3) is 0.417. The molecule has 1 rings (SSSR count). The Morgan fingerprint density at radius 3 is 2.41 bits per heavy atom. The lowest BCUT2D eigenvalue weighted by Gasteiger charge is -2.16. The molecule has 0 aliphatic rings. The van der Waals surface area contributed by atoms with E-state index in [0.717, 1.165) is 11.3 Å². The van der Waals surface area contributed by atoms with Crippen LogP contribution in [-0.2, 0) is 11.3 Å². The maximum Gasteiger partial charge on any atom is 0.236 e. The third-order valence-corrected chi connectivity index (χ3v) is 2.25. The average molecular weight is 259 g/mol. The summed E-state index contributed by atoms with van der Waals surface area (Å²) in [5.41, 5.74) is 6.34. The van der Waals surface area contributed by atoms with Crippen molar-refractivity contribution in [3.05, 3.63) is 29.8 Å². The van der Waals surface area contributed by atoms with Crippen LogP contribution in [0.25, 0.3) is 0 Å². The van der Waals surface area contributed by atoms with Crippen molar-refractivity contribution in [1.29, 1.82) is 0 Å². The van der Waals surface area contributed by atoms with E-state index < -0.39 is 0 Å². The molecule has 1 amide bonds. The fourth-order valence-electron chi connectivity index (χ4n) is 1.38. The van der Waals surface area contributed by atoms with Gasteiger partial charge in [-0.15, -0.1) is 12.4 Å². The second kappa shape index (κ2) is 7.92. The highest BCUT2D eigenvalue weighted by Crippen LogP contribution is 2.13. The van der Waals surface area contributed by atoms with Crippen LogP contribution in [0.3, 0.4) is 0 Å².